The van der Waals surface area contributed by atoms with Gasteiger partial charge in [0.2, 0.25) is 0 Å². The lowest BCUT2D eigenvalue weighted by Gasteiger charge is -2.14. The summed E-state index contributed by atoms with van der Waals surface area (Å²) in [5.74, 6) is -0.422. The minimum absolute atomic E-state index is 0.190. The van der Waals surface area contributed by atoms with Gasteiger partial charge in [-0.1, -0.05) is 23.2 Å². The smallest absolute Gasteiger partial charge is 0.322 e. The summed E-state index contributed by atoms with van der Waals surface area (Å²) in [5.41, 5.74) is -0.312. The van der Waals surface area contributed by atoms with E-state index in [0.717, 1.165) is 12.1 Å². The normalized spacial score (nSPS) is 11.8. The fourth-order valence-corrected chi connectivity index (χ4v) is 4.22. The molecule has 0 saturated heterocycles. The third-order valence-corrected chi connectivity index (χ3v) is 6.35. The van der Waals surface area contributed by atoms with Gasteiger partial charge in [0.25, 0.3) is 15.9 Å². The molecule has 0 atom stereocenters. The minimum Gasteiger partial charge on any atom is -0.322 e. The van der Waals surface area contributed by atoms with Gasteiger partial charge in [-0.3, -0.25) is 9.52 Å². The molecular weight excluding hydrogens is 488 g/mol. The number of rotatable bonds is 5. The maximum absolute atomic E-state index is 12.9. The maximum Gasteiger partial charge on any atom is 0.416 e. The van der Waals surface area contributed by atoms with Crippen molar-refractivity contribution >= 4 is 50.5 Å². The molecule has 0 bridgehead atoms. The molecular formula is C21H15Cl2F3N2O3S. The highest BCUT2D eigenvalue weighted by Gasteiger charge is 2.31. The second-order valence-corrected chi connectivity index (χ2v) is 9.26. The van der Waals surface area contributed by atoms with Crippen LogP contribution in [0.1, 0.15) is 21.5 Å². The summed E-state index contributed by atoms with van der Waals surface area (Å²) in [6, 6.07) is 12.4. The number of amides is 1. The number of carbonyl (C=O) groups is 1. The molecule has 11 heteroatoms. The van der Waals surface area contributed by atoms with Crippen molar-refractivity contribution in [1.82, 2.24) is 0 Å². The topological polar surface area (TPSA) is 75.3 Å². The fraction of sp³-hybridized carbons (Fsp3) is 0.0952. The first-order valence-corrected chi connectivity index (χ1v) is 11.2. The van der Waals surface area contributed by atoms with Crippen LogP contribution in [-0.4, -0.2) is 14.3 Å². The van der Waals surface area contributed by atoms with Gasteiger partial charge in [0.05, 0.1) is 21.2 Å². The van der Waals surface area contributed by atoms with E-state index in [0.29, 0.717) is 27.9 Å². The summed E-state index contributed by atoms with van der Waals surface area (Å²) in [7, 11) is -4.25. The number of benzene rings is 3. The number of alkyl halides is 3. The van der Waals surface area contributed by atoms with Crippen molar-refractivity contribution in [3.8, 4) is 0 Å². The Morgan fingerprint density at radius 3 is 2.16 bits per heavy atom. The lowest BCUT2D eigenvalue weighted by atomic mass is 10.1. The number of anilines is 2. The van der Waals surface area contributed by atoms with Crippen LogP contribution in [0.5, 0.6) is 0 Å². The van der Waals surface area contributed by atoms with Crippen LogP contribution in [-0.2, 0) is 16.2 Å². The lowest BCUT2D eigenvalue weighted by Crippen LogP contribution is -2.16. The van der Waals surface area contributed by atoms with E-state index < -0.39 is 33.4 Å². The molecule has 168 valence electrons. The number of nitrogens with one attached hydrogen (secondary N) is 2. The quantitative estimate of drug-likeness (QED) is 0.425. The van der Waals surface area contributed by atoms with Crippen molar-refractivity contribution in [2.45, 2.75) is 18.0 Å². The van der Waals surface area contributed by atoms with Crippen LogP contribution in [0, 0.1) is 6.92 Å². The van der Waals surface area contributed by atoms with Gasteiger partial charge >= 0.3 is 6.18 Å². The number of hydrogen-bond acceptors (Lipinski definition) is 3. The summed E-state index contributed by atoms with van der Waals surface area (Å²) in [4.78, 5) is 12.1. The van der Waals surface area contributed by atoms with Gasteiger partial charge < -0.3 is 5.32 Å². The second kappa shape index (κ2) is 9.01. The van der Waals surface area contributed by atoms with E-state index in [1.807, 2.05) is 0 Å². The molecule has 0 aromatic heterocycles. The molecule has 32 heavy (non-hydrogen) atoms. The molecule has 0 aliphatic rings. The van der Waals surface area contributed by atoms with Gasteiger partial charge in [0.15, 0.2) is 0 Å². The summed E-state index contributed by atoms with van der Waals surface area (Å²) in [5, 5.41) is 2.95. The fourth-order valence-electron chi connectivity index (χ4n) is 2.72. The van der Waals surface area contributed by atoms with Gasteiger partial charge in [0.1, 0.15) is 0 Å². The van der Waals surface area contributed by atoms with Crippen LogP contribution in [0.3, 0.4) is 0 Å². The van der Waals surface area contributed by atoms with Crippen LogP contribution in [0.25, 0.3) is 0 Å². The predicted molar refractivity (Wildman–Crippen MR) is 118 cm³/mol. The van der Waals surface area contributed by atoms with Crippen LogP contribution < -0.4 is 10.0 Å². The molecule has 3 aromatic rings. The molecule has 0 fully saturated rings. The number of sulfonamides is 1. The molecule has 0 spiro atoms. The van der Waals surface area contributed by atoms with Crippen LogP contribution in [0.2, 0.25) is 10.0 Å². The van der Waals surface area contributed by atoms with Crippen LogP contribution in [0.4, 0.5) is 24.5 Å². The standard InChI is InChI=1S/C21H15Cl2F3N2O3S/c1-12-10-16(7-9-18(12)27-20(29)13-2-5-15(22)6-3-13)32(30,31)28-19-11-14(21(24,25)26)4-8-17(19)23/h2-11,28H,1H3,(H,27,29). The van der Waals surface area contributed by atoms with Crippen molar-refractivity contribution < 1.29 is 26.4 Å². The van der Waals surface area contributed by atoms with E-state index in [-0.39, 0.29) is 9.92 Å². The average molecular weight is 503 g/mol. The van der Waals surface area contributed by atoms with Gasteiger partial charge in [-0.05, 0) is 73.2 Å². The minimum atomic E-state index is -4.66. The summed E-state index contributed by atoms with van der Waals surface area (Å²) >= 11 is 11.7. The van der Waals surface area contributed by atoms with E-state index in [9.17, 15) is 26.4 Å². The van der Waals surface area contributed by atoms with Crippen molar-refractivity contribution in [3.05, 3.63) is 87.4 Å². The molecule has 1 amide bonds. The Balaban J connectivity index is 1.83. The molecule has 0 radical (unpaired) electrons. The third kappa shape index (κ3) is 5.53. The molecule has 0 heterocycles. The maximum atomic E-state index is 12.9. The van der Waals surface area contributed by atoms with Crippen molar-refractivity contribution in [2.75, 3.05) is 10.0 Å². The molecule has 2 N–H and O–H groups in total. The summed E-state index contributed by atoms with van der Waals surface area (Å²) in [6.07, 6.45) is -4.66. The lowest BCUT2D eigenvalue weighted by molar-refractivity contribution is -0.137. The number of hydrogen-bond donors (Lipinski definition) is 2. The number of carbonyl (C=O) groups excluding carboxylic acids is 1. The second-order valence-electron chi connectivity index (χ2n) is 6.74. The summed E-state index contributed by atoms with van der Waals surface area (Å²) in [6.45, 7) is 1.58. The average Bonchev–Trinajstić information content (AvgIpc) is 2.70. The SMILES string of the molecule is Cc1cc(S(=O)(=O)Nc2cc(C(F)(F)F)ccc2Cl)ccc1NC(=O)c1ccc(Cl)cc1. The summed E-state index contributed by atoms with van der Waals surface area (Å²) < 4.78 is 66.3. The zero-order chi connectivity index (χ0) is 23.7. The first-order valence-electron chi connectivity index (χ1n) is 8.94. The zero-order valence-corrected chi connectivity index (χ0v) is 18.6. The largest absolute Gasteiger partial charge is 0.416 e. The van der Waals surface area contributed by atoms with E-state index >= 15 is 0 Å². The van der Waals surface area contributed by atoms with E-state index in [2.05, 4.69) is 10.0 Å². The van der Waals surface area contributed by atoms with Gasteiger partial charge in [-0.2, -0.15) is 13.2 Å². The van der Waals surface area contributed by atoms with E-state index in [1.54, 1.807) is 19.1 Å². The third-order valence-electron chi connectivity index (χ3n) is 4.40. The Labute approximate surface area is 192 Å². The van der Waals surface area contributed by atoms with Crippen LogP contribution >= 0.6 is 23.2 Å². The van der Waals surface area contributed by atoms with Crippen molar-refractivity contribution in [2.24, 2.45) is 0 Å². The molecule has 0 aliphatic carbocycles. The first kappa shape index (κ1) is 23.9. The number of aryl methyl sites for hydroxylation is 1. The van der Waals surface area contributed by atoms with E-state index in [4.69, 9.17) is 23.2 Å². The van der Waals surface area contributed by atoms with Gasteiger partial charge in [-0.15, -0.1) is 0 Å². The Morgan fingerprint density at radius 1 is 0.906 bits per heavy atom. The van der Waals surface area contributed by atoms with E-state index in [1.165, 1.54) is 30.3 Å². The first-order chi connectivity index (χ1) is 14.9. The van der Waals surface area contributed by atoms with Crippen molar-refractivity contribution in [1.29, 1.82) is 0 Å². The highest BCUT2D eigenvalue weighted by atomic mass is 35.5. The van der Waals surface area contributed by atoms with Gasteiger partial charge in [-0.25, -0.2) is 8.42 Å². The zero-order valence-electron chi connectivity index (χ0n) is 16.3. The predicted octanol–water partition coefficient (Wildman–Crippen LogP) is 6.37. The Hall–Kier alpha value is -2.75. The molecule has 3 rings (SSSR count). The monoisotopic (exact) mass is 502 g/mol. The highest BCUT2D eigenvalue weighted by molar-refractivity contribution is 7.92. The molecule has 0 saturated carbocycles. The molecule has 3 aromatic carbocycles. The van der Waals surface area contributed by atoms with Crippen molar-refractivity contribution in [3.63, 3.8) is 0 Å². The van der Waals surface area contributed by atoms with Gasteiger partial charge in [0, 0.05) is 16.3 Å². The Kier molecular flexibility index (Phi) is 6.73. The Bertz CT molecular complexity index is 1280. The molecule has 0 aliphatic heterocycles. The highest BCUT2D eigenvalue weighted by Crippen LogP contribution is 2.35. The van der Waals surface area contributed by atoms with Crippen LogP contribution in [0.15, 0.2) is 65.6 Å². The number of halogens is 5. The molecule has 0 unspecified atom stereocenters. The molecule has 5 nitrogen and oxygen atoms in total. The Morgan fingerprint density at radius 2 is 1.56 bits per heavy atom.